The van der Waals surface area contributed by atoms with E-state index in [-0.39, 0.29) is 36.4 Å². The van der Waals surface area contributed by atoms with E-state index in [2.05, 4.69) is 10.6 Å². The number of likely N-dealkylation sites (tertiary alicyclic amines) is 1. The number of ether oxygens (including phenoxy) is 1. The molecule has 5 rings (SSSR count). The number of esters is 1. The van der Waals surface area contributed by atoms with Gasteiger partial charge in [0.05, 0.1) is 12.6 Å². The molecule has 206 valence electrons. The van der Waals surface area contributed by atoms with Gasteiger partial charge in [0.15, 0.2) is 11.4 Å². The third kappa shape index (κ3) is 6.34. The number of carbonyl (C=O) groups is 2. The van der Waals surface area contributed by atoms with Gasteiger partial charge >= 0.3 is 5.97 Å². The molecule has 1 saturated heterocycles. The summed E-state index contributed by atoms with van der Waals surface area (Å²) in [5, 5.41) is 29.9. The van der Waals surface area contributed by atoms with Crippen molar-refractivity contribution in [2.75, 3.05) is 26.2 Å². The van der Waals surface area contributed by atoms with Crippen LogP contribution >= 0.6 is 11.6 Å². The first kappa shape index (κ1) is 28.4. The number of halogens is 1. The van der Waals surface area contributed by atoms with Gasteiger partial charge in [0.25, 0.3) is 0 Å². The van der Waals surface area contributed by atoms with Crippen LogP contribution in [0.25, 0.3) is 16.7 Å². The van der Waals surface area contributed by atoms with Crippen LogP contribution in [0.3, 0.4) is 0 Å². The predicted octanol–water partition coefficient (Wildman–Crippen LogP) is 4.15. The van der Waals surface area contributed by atoms with Gasteiger partial charge in [-0.3, -0.25) is 20.2 Å². The molecule has 2 unspecified atom stereocenters. The molecule has 2 aromatic rings. The molecule has 5 N–H and O–H groups in total. The van der Waals surface area contributed by atoms with Gasteiger partial charge in [-0.05, 0) is 55.8 Å². The van der Waals surface area contributed by atoms with Crippen LogP contribution < -0.4 is 10.6 Å². The Balaban J connectivity index is 0.00000172. The minimum absolute atomic E-state index is 0.0519. The van der Waals surface area contributed by atoms with Crippen molar-refractivity contribution in [3.63, 3.8) is 0 Å². The van der Waals surface area contributed by atoms with Crippen molar-refractivity contribution in [1.29, 1.82) is 0 Å². The van der Waals surface area contributed by atoms with E-state index in [0.29, 0.717) is 36.5 Å². The fourth-order valence-corrected chi connectivity index (χ4v) is 5.48. The van der Waals surface area contributed by atoms with Crippen molar-refractivity contribution in [2.45, 2.75) is 31.4 Å². The molecule has 2 aromatic carbocycles. The first-order chi connectivity index (χ1) is 18.8. The molecule has 0 aromatic heterocycles. The van der Waals surface area contributed by atoms with Crippen LogP contribution in [-0.2, 0) is 14.3 Å². The number of aliphatic hydroxyl groups is 1. The lowest BCUT2D eigenvalue weighted by Crippen LogP contribution is -2.52. The van der Waals surface area contributed by atoms with Gasteiger partial charge < -0.3 is 20.5 Å². The summed E-state index contributed by atoms with van der Waals surface area (Å²) in [5.41, 5.74) is 2.43. The molecule has 1 amide bonds. The monoisotopic (exact) mass is 553 g/mol. The van der Waals surface area contributed by atoms with E-state index in [1.54, 1.807) is 12.1 Å². The smallest absolute Gasteiger partial charge is 0.343 e. The number of allylic oxidation sites excluding steroid dienone is 2. The average Bonchev–Trinajstić information content (AvgIpc) is 3.17. The Morgan fingerprint density at radius 2 is 2.03 bits per heavy atom. The normalized spacial score (nSPS) is 22.3. The number of hydrogen-bond donors (Lipinski definition) is 5. The number of rotatable bonds is 6. The van der Waals surface area contributed by atoms with Gasteiger partial charge in [0.2, 0.25) is 5.91 Å². The quantitative estimate of drug-likeness (QED) is 0.205. The van der Waals surface area contributed by atoms with Crippen molar-refractivity contribution < 1.29 is 29.9 Å². The lowest BCUT2D eigenvalue weighted by molar-refractivity contribution is -0.176. The van der Waals surface area contributed by atoms with Crippen LogP contribution in [0.5, 0.6) is 0 Å². The number of amides is 1. The number of piperidine rings is 1. The highest BCUT2D eigenvalue weighted by Gasteiger charge is 2.51. The van der Waals surface area contributed by atoms with E-state index in [9.17, 15) is 14.7 Å². The largest absolute Gasteiger partial charge is 0.507 e. The Bertz CT molecular complexity index is 1320. The van der Waals surface area contributed by atoms with Gasteiger partial charge in [-0.15, -0.1) is 0 Å². The third-order valence-corrected chi connectivity index (χ3v) is 7.34. The lowest BCUT2D eigenvalue weighted by atomic mass is 9.88. The summed E-state index contributed by atoms with van der Waals surface area (Å²) in [4.78, 5) is 27.5. The van der Waals surface area contributed by atoms with Crippen LogP contribution in [0, 0.1) is 6.92 Å². The summed E-state index contributed by atoms with van der Waals surface area (Å²) < 4.78 is 5.80. The SMILES string of the molecule is Cc1cccc(-c2ccc(C3=C(O)C4(CCCN(CC(=O)NCC5C=CC=CN5)C4)OC3=O)cc2Cl)c1.OO. The first-order valence-electron chi connectivity index (χ1n) is 12.7. The minimum atomic E-state index is -1.16. The molecule has 3 aliphatic heterocycles. The summed E-state index contributed by atoms with van der Waals surface area (Å²) in [6.07, 6.45) is 8.84. The maximum Gasteiger partial charge on any atom is 0.343 e. The van der Waals surface area contributed by atoms with Crippen LogP contribution in [0.15, 0.2) is 72.7 Å². The Labute approximate surface area is 232 Å². The molecule has 1 spiro atoms. The zero-order valence-corrected chi connectivity index (χ0v) is 22.3. The summed E-state index contributed by atoms with van der Waals surface area (Å²) >= 11 is 6.61. The standard InChI is InChI=1S/C29H30ClN3O4.H2O2/c1-19-6-4-7-20(14-19)23-10-9-21(15-24(23)30)26-27(35)29(37-28(26)36)11-5-13-33(18-29)17-25(34)32-16-22-8-2-3-12-31-22;1-2/h2-4,6-10,12,14-15,22,31,35H,5,11,13,16-18H2,1H3,(H,32,34);1-2H. The number of benzene rings is 2. The van der Waals surface area contributed by atoms with Crippen molar-refractivity contribution in [3.8, 4) is 11.1 Å². The highest BCUT2D eigenvalue weighted by Crippen LogP contribution is 2.43. The maximum absolute atomic E-state index is 13.0. The summed E-state index contributed by atoms with van der Waals surface area (Å²) in [5.74, 6) is -0.787. The maximum atomic E-state index is 13.0. The second kappa shape index (κ2) is 12.5. The fraction of sp³-hybridized carbons (Fsp3) is 0.310. The van der Waals surface area contributed by atoms with Crippen molar-refractivity contribution in [2.24, 2.45) is 0 Å². The number of dihydropyridines is 1. The molecule has 2 atom stereocenters. The summed E-state index contributed by atoms with van der Waals surface area (Å²) in [7, 11) is 0. The van der Waals surface area contributed by atoms with Crippen LogP contribution in [0.2, 0.25) is 5.02 Å². The zero-order valence-electron chi connectivity index (χ0n) is 21.6. The van der Waals surface area contributed by atoms with Crippen LogP contribution in [-0.4, -0.2) is 70.2 Å². The van der Waals surface area contributed by atoms with Crippen molar-refractivity contribution in [1.82, 2.24) is 15.5 Å². The van der Waals surface area contributed by atoms with E-state index in [1.807, 2.05) is 66.6 Å². The fourth-order valence-electron chi connectivity index (χ4n) is 5.19. The molecule has 3 heterocycles. The molecule has 0 saturated carbocycles. The van der Waals surface area contributed by atoms with Crippen LogP contribution in [0.4, 0.5) is 0 Å². The highest BCUT2D eigenvalue weighted by atomic mass is 35.5. The lowest BCUT2D eigenvalue weighted by Gasteiger charge is -2.38. The number of carbonyl (C=O) groups excluding carboxylic acids is 2. The van der Waals surface area contributed by atoms with E-state index in [1.165, 1.54) is 0 Å². The van der Waals surface area contributed by atoms with E-state index in [4.69, 9.17) is 26.9 Å². The molecular weight excluding hydrogens is 522 g/mol. The third-order valence-electron chi connectivity index (χ3n) is 7.03. The van der Waals surface area contributed by atoms with E-state index < -0.39 is 11.6 Å². The zero-order chi connectivity index (χ0) is 28.0. The van der Waals surface area contributed by atoms with Crippen molar-refractivity contribution >= 4 is 29.1 Å². The molecule has 0 aliphatic carbocycles. The molecular formula is C29H32ClN3O6. The van der Waals surface area contributed by atoms with Gasteiger partial charge in [0.1, 0.15) is 5.57 Å². The second-order valence-corrected chi connectivity index (χ2v) is 10.2. The number of nitrogens with zero attached hydrogens (tertiary/aromatic N) is 1. The predicted molar refractivity (Wildman–Crippen MR) is 149 cm³/mol. The van der Waals surface area contributed by atoms with Gasteiger partial charge in [-0.1, -0.05) is 65.7 Å². The molecule has 9 nitrogen and oxygen atoms in total. The molecule has 10 heteroatoms. The Kier molecular flexibility index (Phi) is 9.08. The summed E-state index contributed by atoms with van der Waals surface area (Å²) in [6.45, 7) is 3.58. The molecule has 1 fully saturated rings. The number of nitrogens with one attached hydrogen (secondary N) is 2. The van der Waals surface area contributed by atoms with Gasteiger partial charge in [0, 0.05) is 23.7 Å². The van der Waals surface area contributed by atoms with Gasteiger partial charge in [-0.2, -0.15) is 0 Å². The van der Waals surface area contributed by atoms with Crippen molar-refractivity contribution in [3.05, 3.63) is 88.8 Å². The minimum Gasteiger partial charge on any atom is -0.507 e. The molecule has 3 aliphatic rings. The molecule has 0 bridgehead atoms. The average molecular weight is 554 g/mol. The van der Waals surface area contributed by atoms with E-state index in [0.717, 1.165) is 16.7 Å². The van der Waals surface area contributed by atoms with Gasteiger partial charge in [-0.25, -0.2) is 4.79 Å². The topological polar surface area (TPSA) is 131 Å². The number of aliphatic hydroxyl groups excluding tert-OH is 1. The Morgan fingerprint density at radius 3 is 2.74 bits per heavy atom. The highest BCUT2D eigenvalue weighted by molar-refractivity contribution is 6.34. The van der Waals surface area contributed by atoms with E-state index >= 15 is 0 Å². The number of aryl methyl sites for hydroxylation is 1. The Hall–Kier alpha value is -3.63. The number of hydrogen-bond acceptors (Lipinski definition) is 8. The summed E-state index contributed by atoms with van der Waals surface area (Å²) in [6, 6.07) is 13.4. The Morgan fingerprint density at radius 1 is 1.21 bits per heavy atom. The first-order valence-corrected chi connectivity index (χ1v) is 13.0. The van der Waals surface area contributed by atoms with Crippen LogP contribution in [0.1, 0.15) is 24.0 Å². The molecule has 0 radical (unpaired) electrons. The molecule has 39 heavy (non-hydrogen) atoms. The second-order valence-electron chi connectivity index (χ2n) is 9.81.